The molecule has 0 aliphatic carbocycles. The van der Waals surface area contributed by atoms with E-state index in [0.717, 1.165) is 20.9 Å². The zero-order chi connectivity index (χ0) is 13.5. The van der Waals surface area contributed by atoms with Crippen LogP contribution in [0.5, 0.6) is 0 Å². The molecule has 0 saturated heterocycles. The molecule has 0 aliphatic rings. The third kappa shape index (κ3) is 2.01. The number of hydrogen-bond acceptors (Lipinski definition) is 2. The number of hydrogen-bond donors (Lipinski definition) is 1. The minimum atomic E-state index is -0.992. The molecule has 3 nitrogen and oxygen atoms in total. The number of aromatic nitrogens is 1. The van der Waals surface area contributed by atoms with E-state index >= 15 is 0 Å². The van der Waals surface area contributed by atoms with E-state index in [1.54, 1.807) is 13.8 Å². The number of benzene rings is 1. The van der Waals surface area contributed by atoms with Crippen molar-refractivity contribution < 1.29 is 9.90 Å². The van der Waals surface area contributed by atoms with Gasteiger partial charge in [0.1, 0.15) is 5.41 Å². The fourth-order valence-corrected chi connectivity index (χ4v) is 2.27. The van der Waals surface area contributed by atoms with Crippen molar-refractivity contribution >= 4 is 32.8 Å². The molecule has 0 atom stereocenters. The molecule has 0 radical (unpaired) electrons. The van der Waals surface area contributed by atoms with Crippen molar-refractivity contribution in [2.45, 2.75) is 26.2 Å². The van der Waals surface area contributed by atoms with Gasteiger partial charge in [0.05, 0.1) is 11.2 Å². The van der Waals surface area contributed by atoms with Gasteiger partial charge in [-0.1, -0.05) is 12.1 Å². The maximum absolute atomic E-state index is 11.3. The summed E-state index contributed by atoms with van der Waals surface area (Å²) in [6.45, 7) is 5.30. The van der Waals surface area contributed by atoms with Crippen LogP contribution < -0.4 is 0 Å². The molecule has 4 heteroatoms. The SMILES string of the molecule is Cc1cc(C(C)(C)C(=O)O)nc2c(Br)cccc12. The van der Waals surface area contributed by atoms with Crippen LogP contribution in [0.2, 0.25) is 0 Å². The third-order valence-electron chi connectivity index (χ3n) is 3.17. The summed E-state index contributed by atoms with van der Waals surface area (Å²) in [6, 6.07) is 7.69. The van der Waals surface area contributed by atoms with Crippen molar-refractivity contribution in [3.05, 3.63) is 40.0 Å². The number of para-hydroxylation sites is 1. The van der Waals surface area contributed by atoms with Crippen molar-refractivity contribution in [2.75, 3.05) is 0 Å². The van der Waals surface area contributed by atoms with Crippen LogP contribution in [-0.2, 0) is 10.2 Å². The van der Waals surface area contributed by atoms with E-state index in [9.17, 15) is 9.90 Å². The van der Waals surface area contributed by atoms with Crippen molar-refractivity contribution in [1.82, 2.24) is 4.98 Å². The first-order valence-electron chi connectivity index (χ1n) is 5.64. The molecule has 0 unspecified atom stereocenters. The Morgan fingerprint density at radius 3 is 2.67 bits per heavy atom. The van der Waals surface area contributed by atoms with E-state index in [0.29, 0.717) is 5.69 Å². The van der Waals surface area contributed by atoms with Crippen LogP contribution in [0.3, 0.4) is 0 Å². The number of pyridine rings is 1. The lowest BCUT2D eigenvalue weighted by Crippen LogP contribution is -2.29. The van der Waals surface area contributed by atoms with Crippen LogP contribution in [0.25, 0.3) is 10.9 Å². The van der Waals surface area contributed by atoms with Gasteiger partial charge in [0.15, 0.2) is 0 Å². The molecule has 18 heavy (non-hydrogen) atoms. The third-order valence-corrected chi connectivity index (χ3v) is 3.81. The number of carboxylic acids is 1. The smallest absolute Gasteiger partial charge is 0.315 e. The van der Waals surface area contributed by atoms with Crippen molar-refractivity contribution in [2.24, 2.45) is 0 Å². The molecule has 0 aliphatic heterocycles. The molecule has 0 fully saturated rings. The second-order valence-electron chi connectivity index (χ2n) is 4.89. The second kappa shape index (κ2) is 4.35. The highest BCUT2D eigenvalue weighted by Crippen LogP contribution is 2.29. The largest absolute Gasteiger partial charge is 0.481 e. The predicted octanol–water partition coefficient (Wildman–Crippen LogP) is 3.67. The molecule has 0 bridgehead atoms. The van der Waals surface area contributed by atoms with Gasteiger partial charge in [0, 0.05) is 9.86 Å². The Balaban J connectivity index is 2.77. The summed E-state index contributed by atoms with van der Waals surface area (Å²) >= 11 is 3.46. The first-order valence-corrected chi connectivity index (χ1v) is 6.43. The zero-order valence-electron chi connectivity index (χ0n) is 10.5. The Labute approximate surface area is 114 Å². The molecule has 0 spiro atoms. The molecule has 94 valence electrons. The van der Waals surface area contributed by atoms with Gasteiger partial charge in [-0.25, -0.2) is 0 Å². The average molecular weight is 308 g/mol. The molecule has 0 saturated carbocycles. The van der Waals surface area contributed by atoms with Crippen LogP contribution >= 0.6 is 15.9 Å². The van der Waals surface area contributed by atoms with Crippen LogP contribution in [0, 0.1) is 6.92 Å². The fraction of sp³-hybridized carbons (Fsp3) is 0.286. The van der Waals surface area contributed by atoms with Gasteiger partial charge in [0.2, 0.25) is 0 Å². The number of fused-ring (bicyclic) bond motifs is 1. The predicted molar refractivity (Wildman–Crippen MR) is 74.8 cm³/mol. The maximum Gasteiger partial charge on any atom is 0.315 e. The Bertz CT molecular complexity index is 635. The van der Waals surface area contributed by atoms with Crippen LogP contribution in [0.4, 0.5) is 0 Å². The maximum atomic E-state index is 11.3. The first-order chi connectivity index (χ1) is 8.34. The quantitative estimate of drug-likeness (QED) is 0.921. The number of nitrogens with zero attached hydrogens (tertiary/aromatic N) is 1. The van der Waals surface area contributed by atoms with Crippen molar-refractivity contribution in [3.63, 3.8) is 0 Å². The standard InChI is InChI=1S/C14H14BrNO2/c1-8-7-11(14(2,3)13(17)18)16-12-9(8)5-4-6-10(12)15/h4-7H,1-3H3,(H,17,18). The summed E-state index contributed by atoms with van der Waals surface area (Å²) < 4.78 is 0.881. The minimum absolute atomic E-state index is 0.576. The number of carbonyl (C=O) groups is 1. The Kier molecular flexibility index (Phi) is 3.15. The Hall–Kier alpha value is -1.42. The normalized spacial score (nSPS) is 11.8. The van der Waals surface area contributed by atoms with Gasteiger partial charge in [-0.2, -0.15) is 0 Å². The number of aliphatic carboxylic acids is 1. The van der Waals surface area contributed by atoms with Gasteiger partial charge in [0.25, 0.3) is 0 Å². The van der Waals surface area contributed by atoms with Crippen LogP contribution in [0.1, 0.15) is 25.1 Å². The van der Waals surface area contributed by atoms with Gasteiger partial charge < -0.3 is 5.11 Å². The number of halogens is 1. The molecule has 0 amide bonds. The molecule has 1 aromatic heterocycles. The summed E-state index contributed by atoms with van der Waals surface area (Å²) in [5.41, 5.74) is 1.42. The van der Waals surface area contributed by atoms with E-state index in [1.807, 2.05) is 31.2 Å². The molecule has 2 rings (SSSR count). The van der Waals surface area contributed by atoms with Crippen LogP contribution in [0.15, 0.2) is 28.7 Å². The molecule has 1 heterocycles. The topological polar surface area (TPSA) is 50.2 Å². The zero-order valence-corrected chi connectivity index (χ0v) is 12.1. The van der Waals surface area contributed by atoms with E-state index in [2.05, 4.69) is 20.9 Å². The van der Waals surface area contributed by atoms with Crippen molar-refractivity contribution in [1.29, 1.82) is 0 Å². The van der Waals surface area contributed by atoms with Crippen LogP contribution in [-0.4, -0.2) is 16.1 Å². The second-order valence-corrected chi connectivity index (χ2v) is 5.74. The highest BCUT2D eigenvalue weighted by atomic mass is 79.9. The minimum Gasteiger partial charge on any atom is -0.481 e. The summed E-state index contributed by atoms with van der Waals surface area (Å²) in [5.74, 6) is -0.874. The first kappa shape index (κ1) is 13.0. The Morgan fingerprint density at radius 2 is 2.06 bits per heavy atom. The molecule has 1 N–H and O–H groups in total. The summed E-state index contributed by atoms with van der Waals surface area (Å²) in [7, 11) is 0. The molecule has 1 aromatic carbocycles. The van der Waals surface area contributed by atoms with E-state index in [1.165, 1.54) is 0 Å². The number of rotatable bonds is 2. The number of aryl methyl sites for hydroxylation is 1. The van der Waals surface area contributed by atoms with Gasteiger partial charge in [-0.3, -0.25) is 9.78 Å². The lowest BCUT2D eigenvalue weighted by molar-refractivity contribution is -0.142. The van der Waals surface area contributed by atoms with Gasteiger partial charge >= 0.3 is 5.97 Å². The Morgan fingerprint density at radius 1 is 1.39 bits per heavy atom. The molecular weight excluding hydrogens is 294 g/mol. The number of carboxylic acid groups (broad SMARTS) is 1. The van der Waals surface area contributed by atoms with Crippen molar-refractivity contribution in [3.8, 4) is 0 Å². The molecular formula is C14H14BrNO2. The lowest BCUT2D eigenvalue weighted by atomic mass is 9.87. The summed E-state index contributed by atoms with van der Waals surface area (Å²) in [4.78, 5) is 15.8. The van der Waals surface area contributed by atoms with Gasteiger partial charge in [-0.15, -0.1) is 0 Å². The van der Waals surface area contributed by atoms with E-state index in [-0.39, 0.29) is 0 Å². The van der Waals surface area contributed by atoms with E-state index < -0.39 is 11.4 Å². The summed E-state index contributed by atoms with van der Waals surface area (Å²) in [6.07, 6.45) is 0. The molecule has 2 aromatic rings. The fourth-order valence-electron chi connectivity index (χ4n) is 1.81. The summed E-state index contributed by atoms with van der Waals surface area (Å²) in [5, 5.41) is 10.3. The lowest BCUT2D eigenvalue weighted by Gasteiger charge is -2.20. The monoisotopic (exact) mass is 307 g/mol. The highest BCUT2D eigenvalue weighted by molar-refractivity contribution is 9.10. The van der Waals surface area contributed by atoms with Gasteiger partial charge in [-0.05, 0) is 54.4 Å². The van der Waals surface area contributed by atoms with E-state index in [4.69, 9.17) is 0 Å². The highest BCUT2D eigenvalue weighted by Gasteiger charge is 2.31. The average Bonchev–Trinajstić information content (AvgIpc) is 2.30.